The highest BCUT2D eigenvalue weighted by Gasteiger charge is 2.25. The number of rotatable bonds is 6. The van der Waals surface area contributed by atoms with Crippen molar-refractivity contribution in [3.8, 4) is 0 Å². The van der Waals surface area contributed by atoms with E-state index in [1.165, 1.54) is 5.56 Å². The molecule has 1 aromatic rings. The van der Waals surface area contributed by atoms with Gasteiger partial charge in [0.25, 0.3) is 0 Å². The molecule has 0 amide bonds. The van der Waals surface area contributed by atoms with Crippen LogP contribution < -0.4 is 5.32 Å². The van der Waals surface area contributed by atoms with Gasteiger partial charge in [-0.2, -0.15) is 0 Å². The maximum atomic E-state index is 9.63. The van der Waals surface area contributed by atoms with Crippen molar-refractivity contribution in [2.45, 2.75) is 39.3 Å². The number of aliphatic hydroxyl groups is 1. The van der Waals surface area contributed by atoms with Crippen molar-refractivity contribution >= 4 is 5.82 Å². The Hall–Kier alpha value is -1.13. The molecule has 0 saturated carbocycles. The fraction of sp³-hybridized carbons (Fsp3) is 0.667. The van der Waals surface area contributed by atoms with Crippen molar-refractivity contribution in [3.63, 3.8) is 0 Å². The zero-order valence-corrected chi connectivity index (χ0v) is 12.0. The third-order valence-corrected chi connectivity index (χ3v) is 3.78. The predicted octanol–water partition coefficient (Wildman–Crippen LogP) is 2.11. The van der Waals surface area contributed by atoms with E-state index in [4.69, 9.17) is 0 Å². The molecule has 0 bridgehead atoms. The Labute approximate surface area is 115 Å². The summed E-state index contributed by atoms with van der Waals surface area (Å²) >= 11 is 0. The van der Waals surface area contributed by atoms with E-state index in [9.17, 15) is 5.11 Å². The summed E-state index contributed by atoms with van der Waals surface area (Å²) < 4.78 is 0. The Bertz CT molecular complexity index is 395. The number of hydrogen-bond acceptors (Lipinski definition) is 4. The maximum absolute atomic E-state index is 9.63. The van der Waals surface area contributed by atoms with Crippen LogP contribution in [0.25, 0.3) is 0 Å². The van der Waals surface area contributed by atoms with E-state index in [1.807, 2.05) is 13.1 Å². The minimum atomic E-state index is -0.191. The molecule has 2 N–H and O–H groups in total. The fourth-order valence-corrected chi connectivity index (χ4v) is 2.58. The van der Waals surface area contributed by atoms with Gasteiger partial charge in [0.05, 0.1) is 6.10 Å². The summed E-state index contributed by atoms with van der Waals surface area (Å²) in [5.74, 6) is 1.39. The van der Waals surface area contributed by atoms with Crippen LogP contribution in [0.2, 0.25) is 0 Å². The molecular weight excluding hydrogens is 238 g/mol. The lowest BCUT2D eigenvalue weighted by molar-refractivity contribution is 0.127. The second-order valence-electron chi connectivity index (χ2n) is 5.50. The van der Waals surface area contributed by atoms with Crippen LogP contribution in [0, 0.1) is 5.92 Å². The molecule has 1 aliphatic rings. The van der Waals surface area contributed by atoms with Crippen LogP contribution in [0.3, 0.4) is 0 Å². The molecule has 2 unspecified atom stereocenters. The minimum absolute atomic E-state index is 0.191. The molecule has 1 saturated heterocycles. The van der Waals surface area contributed by atoms with E-state index >= 15 is 0 Å². The molecule has 1 aromatic heterocycles. The number of pyridine rings is 1. The summed E-state index contributed by atoms with van der Waals surface area (Å²) in [7, 11) is 0. The topological polar surface area (TPSA) is 48.4 Å². The van der Waals surface area contributed by atoms with Gasteiger partial charge in [-0.25, -0.2) is 4.98 Å². The number of likely N-dealkylation sites (tertiary alicyclic amines) is 1. The number of aromatic nitrogens is 1. The fourth-order valence-electron chi connectivity index (χ4n) is 2.58. The molecule has 2 rings (SSSR count). The largest absolute Gasteiger partial charge is 0.393 e. The lowest BCUT2D eigenvalue weighted by Gasteiger charge is -2.17. The van der Waals surface area contributed by atoms with Crippen LogP contribution in [-0.4, -0.2) is 40.7 Å². The lowest BCUT2D eigenvalue weighted by Crippen LogP contribution is -2.24. The normalized spacial score (nSPS) is 21.5. The highest BCUT2D eigenvalue weighted by Crippen LogP contribution is 2.21. The Kier molecular flexibility index (Phi) is 5.16. The van der Waals surface area contributed by atoms with E-state index in [0.29, 0.717) is 5.92 Å². The van der Waals surface area contributed by atoms with Crippen molar-refractivity contribution in [2.24, 2.45) is 5.92 Å². The molecular formula is C15H25N3O. The summed E-state index contributed by atoms with van der Waals surface area (Å²) in [5.41, 5.74) is 1.29. The molecule has 0 radical (unpaired) electrons. The molecule has 2 heterocycles. The predicted molar refractivity (Wildman–Crippen MR) is 78.1 cm³/mol. The zero-order valence-electron chi connectivity index (χ0n) is 12.0. The number of hydrogen-bond donors (Lipinski definition) is 2. The van der Waals surface area contributed by atoms with Gasteiger partial charge < -0.3 is 10.4 Å². The first-order valence-corrected chi connectivity index (χ1v) is 7.28. The van der Waals surface area contributed by atoms with Crippen molar-refractivity contribution in [2.75, 3.05) is 25.0 Å². The van der Waals surface area contributed by atoms with Gasteiger partial charge in [-0.3, -0.25) is 4.90 Å². The minimum Gasteiger partial charge on any atom is -0.393 e. The van der Waals surface area contributed by atoms with Crippen molar-refractivity contribution in [1.29, 1.82) is 0 Å². The summed E-state index contributed by atoms with van der Waals surface area (Å²) in [6, 6.07) is 4.21. The van der Waals surface area contributed by atoms with E-state index in [1.54, 1.807) is 0 Å². The summed E-state index contributed by atoms with van der Waals surface area (Å²) in [6.07, 6.45) is 3.89. The summed E-state index contributed by atoms with van der Waals surface area (Å²) in [5, 5.41) is 12.9. The number of aliphatic hydroxyl groups excluding tert-OH is 1. The molecule has 4 nitrogen and oxygen atoms in total. The second-order valence-corrected chi connectivity index (χ2v) is 5.50. The SMILES string of the molecule is CCCNc1cc(CN2CCC(C(C)O)C2)ccn1. The first-order valence-electron chi connectivity index (χ1n) is 7.28. The Morgan fingerprint density at radius 1 is 1.58 bits per heavy atom. The van der Waals surface area contributed by atoms with Crippen LogP contribution in [-0.2, 0) is 6.54 Å². The van der Waals surface area contributed by atoms with Crippen molar-refractivity contribution in [3.05, 3.63) is 23.9 Å². The number of nitrogens with zero attached hydrogens (tertiary/aromatic N) is 2. The van der Waals surface area contributed by atoms with Gasteiger partial charge in [-0.05, 0) is 49.9 Å². The Balaban J connectivity index is 1.89. The number of nitrogens with one attached hydrogen (secondary N) is 1. The van der Waals surface area contributed by atoms with Gasteiger partial charge in [0, 0.05) is 25.8 Å². The average Bonchev–Trinajstić information content (AvgIpc) is 2.85. The van der Waals surface area contributed by atoms with E-state index < -0.39 is 0 Å². The molecule has 1 aliphatic heterocycles. The maximum Gasteiger partial charge on any atom is 0.126 e. The van der Waals surface area contributed by atoms with Gasteiger partial charge in [0.2, 0.25) is 0 Å². The first kappa shape index (κ1) is 14.3. The average molecular weight is 263 g/mol. The van der Waals surface area contributed by atoms with Gasteiger partial charge >= 0.3 is 0 Å². The number of anilines is 1. The van der Waals surface area contributed by atoms with E-state index in [2.05, 4.69) is 34.3 Å². The van der Waals surface area contributed by atoms with Crippen molar-refractivity contribution in [1.82, 2.24) is 9.88 Å². The van der Waals surface area contributed by atoms with Crippen LogP contribution in [0.5, 0.6) is 0 Å². The molecule has 4 heteroatoms. The molecule has 19 heavy (non-hydrogen) atoms. The highest BCUT2D eigenvalue weighted by molar-refractivity contribution is 5.37. The van der Waals surface area contributed by atoms with E-state index in [0.717, 1.165) is 44.8 Å². The van der Waals surface area contributed by atoms with Gasteiger partial charge in [-0.15, -0.1) is 0 Å². The van der Waals surface area contributed by atoms with Crippen LogP contribution in [0.4, 0.5) is 5.82 Å². The molecule has 0 aromatic carbocycles. The molecule has 0 spiro atoms. The summed E-state index contributed by atoms with van der Waals surface area (Å²) in [6.45, 7) is 8.04. The monoisotopic (exact) mass is 263 g/mol. The van der Waals surface area contributed by atoms with Crippen LogP contribution >= 0.6 is 0 Å². The van der Waals surface area contributed by atoms with Crippen LogP contribution in [0.15, 0.2) is 18.3 Å². The van der Waals surface area contributed by atoms with Crippen molar-refractivity contribution < 1.29 is 5.11 Å². The third-order valence-electron chi connectivity index (χ3n) is 3.78. The Morgan fingerprint density at radius 2 is 2.42 bits per heavy atom. The first-order chi connectivity index (χ1) is 9.19. The Morgan fingerprint density at radius 3 is 3.11 bits per heavy atom. The highest BCUT2D eigenvalue weighted by atomic mass is 16.3. The quantitative estimate of drug-likeness (QED) is 0.825. The zero-order chi connectivity index (χ0) is 13.7. The third kappa shape index (κ3) is 4.18. The molecule has 1 fully saturated rings. The second kappa shape index (κ2) is 6.87. The standard InChI is InChI=1S/C15H25N3O/c1-3-6-16-15-9-13(4-7-17-15)10-18-8-5-14(11-18)12(2)19/h4,7,9,12,14,19H,3,5-6,8,10-11H2,1-2H3,(H,16,17). The molecule has 0 aliphatic carbocycles. The van der Waals surface area contributed by atoms with Crippen LogP contribution in [0.1, 0.15) is 32.3 Å². The van der Waals surface area contributed by atoms with Gasteiger partial charge in [0.15, 0.2) is 0 Å². The lowest BCUT2D eigenvalue weighted by atomic mass is 10.0. The molecule has 2 atom stereocenters. The van der Waals surface area contributed by atoms with Gasteiger partial charge in [-0.1, -0.05) is 6.92 Å². The smallest absolute Gasteiger partial charge is 0.126 e. The van der Waals surface area contributed by atoms with E-state index in [-0.39, 0.29) is 6.10 Å². The van der Waals surface area contributed by atoms with Gasteiger partial charge in [0.1, 0.15) is 5.82 Å². The summed E-state index contributed by atoms with van der Waals surface area (Å²) in [4.78, 5) is 6.74. The molecule has 106 valence electrons.